The Balaban J connectivity index is 4.09. The smallest absolute Gasteiger partial charge is 0.244 e. The number of hydrogen-bond acceptors (Lipinski definition) is 4. The van der Waals surface area contributed by atoms with Gasteiger partial charge in [-0.3, -0.25) is 9.59 Å². The molecule has 6 N–H and O–H groups in total. The zero-order valence-corrected chi connectivity index (χ0v) is 9.03. The highest BCUT2D eigenvalue weighted by Gasteiger charge is 2.11. The van der Waals surface area contributed by atoms with E-state index < -0.39 is 11.9 Å². The summed E-state index contributed by atoms with van der Waals surface area (Å²) < 4.78 is 0. The first kappa shape index (κ1) is 13.8. The van der Waals surface area contributed by atoms with Crippen LogP contribution < -0.4 is 17.2 Å². The van der Waals surface area contributed by atoms with Crippen LogP contribution in [0.4, 0.5) is 0 Å². The van der Waals surface area contributed by atoms with Crippen molar-refractivity contribution in [1.29, 1.82) is 0 Å². The van der Waals surface area contributed by atoms with E-state index in [1.807, 2.05) is 0 Å². The number of carbonyl (C=O) groups is 2. The van der Waals surface area contributed by atoms with Crippen LogP contribution in [0.25, 0.3) is 0 Å². The Hall–Kier alpha value is -1.20. The fourth-order valence-electron chi connectivity index (χ4n) is 1.04. The molecule has 0 aliphatic heterocycles. The van der Waals surface area contributed by atoms with Gasteiger partial charge in [0, 0.05) is 5.57 Å². The molecule has 0 aromatic carbocycles. The van der Waals surface area contributed by atoms with E-state index in [1.165, 1.54) is 13.0 Å². The number of unbranched alkanes of at least 4 members (excludes halogenated alkanes) is 1. The highest BCUT2D eigenvalue weighted by atomic mass is 16.1. The van der Waals surface area contributed by atoms with Gasteiger partial charge in [0.05, 0.1) is 6.04 Å². The predicted octanol–water partition coefficient (Wildman–Crippen LogP) is -0.557. The third kappa shape index (κ3) is 5.98. The van der Waals surface area contributed by atoms with Crippen molar-refractivity contribution in [3.8, 4) is 0 Å². The third-order valence-electron chi connectivity index (χ3n) is 2.08. The van der Waals surface area contributed by atoms with Gasteiger partial charge < -0.3 is 17.2 Å². The molecule has 0 spiro atoms. The fraction of sp³-hybridized carbons (Fsp3) is 0.600. The summed E-state index contributed by atoms with van der Waals surface area (Å²) in [6.07, 6.45) is 3.44. The van der Waals surface area contributed by atoms with Gasteiger partial charge >= 0.3 is 0 Å². The molecule has 0 saturated heterocycles. The molecule has 5 nitrogen and oxygen atoms in total. The molecule has 0 rings (SSSR count). The van der Waals surface area contributed by atoms with Crippen molar-refractivity contribution in [2.45, 2.75) is 32.2 Å². The number of ketones is 1. The molecule has 0 aromatic heterocycles. The minimum Gasteiger partial charge on any atom is -0.366 e. The molecule has 0 unspecified atom stereocenters. The Morgan fingerprint density at radius 3 is 2.40 bits per heavy atom. The minimum absolute atomic E-state index is 0.231. The molecular formula is C10H19N3O2. The van der Waals surface area contributed by atoms with Gasteiger partial charge in [-0.2, -0.15) is 0 Å². The predicted molar refractivity (Wildman–Crippen MR) is 58.8 cm³/mol. The van der Waals surface area contributed by atoms with E-state index in [0.717, 1.165) is 12.8 Å². The molecule has 0 aliphatic rings. The minimum atomic E-state index is -0.600. The van der Waals surface area contributed by atoms with E-state index in [4.69, 9.17) is 17.2 Å². The topological polar surface area (TPSA) is 112 Å². The Morgan fingerprint density at radius 2 is 1.93 bits per heavy atom. The van der Waals surface area contributed by atoms with E-state index in [0.29, 0.717) is 13.0 Å². The van der Waals surface area contributed by atoms with Crippen LogP contribution in [-0.4, -0.2) is 24.3 Å². The SMILES string of the molecule is CC(=CC(=O)[C@@H](N)CCCCN)C(N)=O. The van der Waals surface area contributed by atoms with Gasteiger partial charge in [0.25, 0.3) is 0 Å². The van der Waals surface area contributed by atoms with Gasteiger partial charge in [0.1, 0.15) is 0 Å². The van der Waals surface area contributed by atoms with Crippen LogP contribution in [0, 0.1) is 0 Å². The first-order chi connectivity index (χ1) is 6.99. The molecule has 0 radical (unpaired) electrons. The van der Waals surface area contributed by atoms with Gasteiger partial charge in [-0.25, -0.2) is 0 Å². The lowest BCUT2D eigenvalue weighted by atomic mass is 10.0. The van der Waals surface area contributed by atoms with E-state index in [1.54, 1.807) is 0 Å². The molecule has 0 bridgehead atoms. The molecule has 15 heavy (non-hydrogen) atoms. The number of nitrogens with two attached hydrogens (primary N) is 3. The lowest BCUT2D eigenvalue weighted by Crippen LogP contribution is -2.30. The third-order valence-corrected chi connectivity index (χ3v) is 2.08. The summed E-state index contributed by atoms with van der Waals surface area (Å²) >= 11 is 0. The highest BCUT2D eigenvalue weighted by molar-refractivity contribution is 6.02. The molecule has 0 saturated carbocycles. The zero-order valence-electron chi connectivity index (χ0n) is 9.03. The van der Waals surface area contributed by atoms with Gasteiger partial charge in [0.2, 0.25) is 5.91 Å². The maximum absolute atomic E-state index is 11.4. The summed E-state index contributed by atoms with van der Waals surface area (Å²) in [6.45, 7) is 2.09. The highest BCUT2D eigenvalue weighted by Crippen LogP contribution is 2.01. The molecule has 0 aromatic rings. The quantitative estimate of drug-likeness (QED) is 0.389. The number of carbonyl (C=O) groups excluding carboxylic acids is 2. The van der Waals surface area contributed by atoms with Crippen molar-refractivity contribution >= 4 is 11.7 Å². The first-order valence-electron chi connectivity index (χ1n) is 4.96. The lowest BCUT2D eigenvalue weighted by Gasteiger charge is -2.07. The Labute approximate surface area is 89.7 Å². The van der Waals surface area contributed by atoms with Crippen LogP contribution in [-0.2, 0) is 9.59 Å². The van der Waals surface area contributed by atoms with Crippen molar-refractivity contribution < 1.29 is 9.59 Å². The maximum atomic E-state index is 11.4. The number of amides is 1. The van der Waals surface area contributed by atoms with Gasteiger partial charge in [-0.05, 0) is 32.4 Å². The molecule has 0 heterocycles. The van der Waals surface area contributed by atoms with E-state index in [9.17, 15) is 9.59 Å². The zero-order chi connectivity index (χ0) is 11.8. The molecule has 1 atom stereocenters. The van der Waals surface area contributed by atoms with E-state index in [-0.39, 0.29) is 11.4 Å². The molecular weight excluding hydrogens is 194 g/mol. The number of rotatable bonds is 7. The molecule has 86 valence electrons. The fourth-order valence-corrected chi connectivity index (χ4v) is 1.04. The average Bonchev–Trinajstić information content (AvgIpc) is 2.17. The summed E-state index contributed by atoms with van der Waals surface area (Å²) in [5.74, 6) is -0.860. The first-order valence-corrected chi connectivity index (χ1v) is 4.96. The van der Waals surface area contributed by atoms with Crippen LogP contribution >= 0.6 is 0 Å². The summed E-state index contributed by atoms with van der Waals surface area (Å²) in [5, 5.41) is 0. The summed E-state index contributed by atoms with van der Waals surface area (Å²) in [6, 6.07) is -0.564. The van der Waals surface area contributed by atoms with Crippen LogP contribution in [0.1, 0.15) is 26.2 Å². The Morgan fingerprint density at radius 1 is 1.33 bits per heavy atom. The van der Waals surface area contributed by atoms with E-state index in [2.05, 4.69) is 0 Å². The Bertz CT molecular complexity index is 261. The molecule has 0 aliphatic carbocycles. The molecule has 1 amide bonds. The normalized spacial score (nSPS) is 13.7. The largest absolute Gasteiger partial charge is 0.366 e. The summed E-state index contributed by atoms with van der Waals surface area (Å²) in [4.78, 5) is 22.1. The Kier molecular flexibility index (Phi) is 6.57. The average molecular weight is 213 g/mol. The van der Waals surface area contributed by atoms with Crippen molar-refractivity contribution in [2.75, 3.05) is 6.54 Å². The van der Waals surface area contributed by atoms with Crippen molar-refractivity contribution in [3.05, 3.63) is 11.6 Å². The van der Waals surface area contributed by atoms with Crippen LogP contribution in [0.3, 0.4) is 0 Å². The van der Waals surface area contributed by atoms with Gasteiger partial charge in [0.15, 0.2) is 5.78 Å². The number of primary amides is 1. The van der Waals surface area contributed by atoms with Crippen LogP contribution in [0.2, 0.25) is 0 Å². The lowest BCUT2D eigenvalue weighted by molar-refractivity contribution is -0.117. The number of hydrogen-bond donors (Lipinski definition) is 3. The molecule has 0 fully saturated rings. The van der Waals surface area contributed by atoms with Gasteiger partial charge in [-0.15, -0.1) is 0 Å². The molecule has 5 heteroatoms. The second-order valence-corrected chi connectivity index (χ2v) is 3.48. The van der Waals surface area contributed by atoms with Crippen LogP contribution in [0.15, 0.2) is 11.6 Å². The van der Waals surface area contributed by atoms with Crippen molar-refractivity contribution in [3.63, 3.8) is 0 Å². The van der Waals surface area contributed by atoms with Crippen molar-refractivity contribution in [1.82, 2.24) is 0 Å². The standard InChI is InChI=1S/C10H19N3O2/c1-7(10(13)15)6-9(14)8(12)4-2-3-5-11/h6,8H,2-5,11-12H2,1H3,(H2,13,15)/t8-/m0/s1. The maximum Gasteiger partial charge on any atom is 0.244 e. The second-order valence-electron chi connectivity index (χ2n) is 3.48. The van der Waals surface area contributed by atoms with Crippen molar-refractivity contribution in [2.24, 2.45) is 17.2 Å². The monoisotopic (exact) mass is 213 g/mol. The second kappa shape index (κ2) is 7.14. The van der Waals surface area contributed by atoms with Crippen LogP contribution in [0.5, 0.6) is 0 Å². The summed E-state index contributed by atoms with van der Waals surface area (Å²) in [7, 11) is 0. The van der Waals surface area contributed by atoms with Gasteiger partial charge in [-0.1, -0.05) is 6.42 Å². The van der Waals surface area contributed by atoms with E-state index >= 15 is 0 Å². The summed E-state index contributed by atoms with van der Waals surface area (Å²) in [5.41, 5.74) is 16.2.